The Morgan fingerprint density at radius 1 is 0.250 bits per heavy atom. The van der Waals surface area contributed by atoms with Gasteiger partial charge in [0.05, 0.1) is 90.4 Å². The first-order valence-electron chi connectivity index (χ1n) is 25.1. The highest BCUT2D eigenvalue weighted by Gasteiger charge is 2.12. The van der Waals surface area contributed by atoms with E-state index in [1.54, 1.807) is 0 Å². The minimum Gasteiger partial charge on any atom is -0.491 e. The zero-order valence-electron chi connectivity index (χ0n) is 42.1. The minimum absolute atomic E-state index is 0.253. The van der Waals surface area contributed by atoms with Crippen LogP contribution < -0.4 is 18.9 Å². The Labute approximate surface area is 457 Å². The van der Waals surface area contributed by atoms with Crippen LogP contribution in [0.4, 0.5) is 0 Å². The molecule has 0 fully saturated rings. The van der Waals surface area contributed by atoms with Gasteiger partial charge in [-0.15, -0.1) is 25.3 Å². The van der Waals surface area contributed by atoms with Gasteiger partial charge in [0, 0.05) is 66.1 Å². The van der Waals surface area contributed by atoms with Crippen LogP contribution in [0.2, 0.25) is 0 Å². The number of ether oxygens (including phenoxy) is 10. The topological polar surface area (TPSA) is 92.3 Å². The Morgan fingerprint density at radius 3 is 0.776 bits per heavy atom. The maximum atomic E-state index is 6.39. The highest BCUT2D eigenvalue weighted by Crippen LogP contribution is 2.32. The Bertz CT molecular complexity index is 2990. The largest absolute Gasteiger partial charge is 0.491 e. The summed E-state index contributed by atoms with van der Waals surface area (Å²) >= 11 is 8.74. The lowest BCUT2D eigenvalue weighted by Gasteiger charge is -2.14. The summed E-state index contributed by atoms with van der Waals surface area (Å²) in [6.45, 7) is 5.99. The van der Waals surface area contributed by atoms with Gasteiger partial charge >= 0.3 is 0 Å². The summed E-state index contributed by atoms with van der Waals surface area (Å²) in [6, 6.07) is 46.7. The van der Waals surface area contributed by atoms with Crippen LogP contribution in [0.5, 0.6) is 23.0 Å². The van der Waals surface area contributed by atoms with Crippen molar-refractivity contribution >= 4 is 36.0 Å². The molecular formula is C64H58O10S2. The molecule has 7 aromatic carbocycles. The van der Waals surface area contributed by atoms with E-state index < -0.39 is 0 Å². The standard InChI is InChI=1S/C64H58O10S2/c75-57-27-21-53(22-28-57)17-11-49-7-13-51(14-8-49)19-25-55-48-64-56(26-20-52-15-9-50(10-16-52)12-18-54-23-29-58(76)30-24-54)47-63(55)73-45-41-69-37-33-65-31-35-67-39-43-71-61-5-1-3-59-60(61)4-2-6-62(59)72-44-40-68-36-32-66-34-38-70-42-46-74-64/h1-10,13-16,21-24,27-30,47-48,75-76H,31-46H2. The predicted octanol–water partition coefficient (Wildman–Crippen LogP) is 10.3. The van der Waals surface area contributed by atoms with Crippen LogP contribution in [-0.2, 0) is 28.4 Å². The van der Waals surface area contributed by atoms with Gasteiger partial charge in [-0.25, -0.2) is 0 Å². The Morgan fingerprint density at radius 2 is 0.487 bits per heavy atom. The molecule has 12 heteroatoms. The van der Waals surface area contributed by atoms with Crippen LogP contribution in [-0.4, -0.2) is 106 Å². The molecule has 0 radical (unpaired) electrons. The molecular weight excluding hydrogens is 993 g/mol. The quantitative estimate of drug-likeness (QED) is 0.0869. The number of benzene rings is 7. The van der Waals surface area contributed by atoms with Gasteiger partial charge in [-0.05, 0) is 109 Å². The third-order valence-corrected chi connectivity index (χ3v) is 11.8. The van der Waals surface area contributed by atoms with Crippen molar-refractivity contribution in [2.45, 2.75) is 9.79 Å². The van der Waals surface area contributed by atoms with Crippen LogP contribution >= 0.6 is 25.3 Å². The molecule has 10 nitrogen and oxygen atoms in total. The van der Waals surface area contributed by atoms with Crippen LogP contribution in [0, 0.1) is 47.4 Å². The van der Waals surface area contributed by atoms with Gasteiger partial charge in [0.1, 0.15) is 49.4 Å². The highest BCUT2D eigenvalue weighted by atomic mass is 32.1. The smallest absolute Gasteiger partial charge is 0.136 e. The van der Waals surface area contributed by atoms with Gasteiger partial charge in [0.2, 0.25) is 0 Å². The second kappa shape index (κ2) is 30.9. The lowest BCUT2D eigenvalue weighted by molar-refractivity contribution is 0.00482. The van der Waals surface area contributed by atoms with Gasteiger partial charge in [0.25, 0.3) is 0 Å². The van der Waals surface area contributed by atoms with E-state index in [4.69, 9.17) is 47.4 Å². The van der Waals surface area contributed by atoms with Crippen molar-refractivity contribution in [3.8, 4) is 70.4 Å². The fourth-order valence-electron chi connectivity index (χ4n) is 7.36. The summed E-state index contributed by atoms with van der Waals surface area (Å²) in [5.74, 6) is 28.7. The minimum atomic E-state index is 0.253. The van der Waals surface area contributed by atoms with E-state index in [0.29, 0.717) is 115 Å². The van der Waals surface area contributed by atoms with Crippen LogP contribution in [0.15, 0.2) is 155 Å². The summed E-state index contributed by atoms with van der Waals surface area (Å²) in [5, 5.41) is 1.93. The summed E-state index contributed by atoms with van der Waals surface area (Å²) in [5.41, 5.74) is 6.40. The monoisotopic (exact) mass is 1050 g/mol. The molecule has 0 N–H and O–H groups in total. The van der Waals surface area contributed by atoms with Crippen molar-refractivity contribution in [1.29, 1.82) is 0 Å². The molecule has 2 aliphatic rings. The fourth-order valence-corrected chi connectivity index (χ4v) is 7.65. The molecule has 0 saturated carbocycles. The van der Waals surface area contributed by atoms with Gasteiger partial charge in [-0.1, -0.05) is 71.6 Å². The van der Waals surface area contributed by atoms with E-state index in [0.717, 1.165) is 65.4 Å². The van der Waals surface area contributed by atoms with Gasteiger partial charge in [-0.3, -0.25) is 0 Å². The predicted molar refractivity (Wildman–Crippen MR) is 301 cm³/mol. The van der Waals surface area contributed by atoms with Gasteiger partial charge in [0.15, 0.2) is 0 Å². The molecule has 0 aromatic heterocycles. The van der Waals surface area contributed by atoms with Gasteiger partial charge < -0.3 is 47.4 Å². The Hall–Kier alpha value is -7.30. The van der Waals surface area contributed by atoms with E-state index in [9.17, 15) is 0 Å². The number of hydrogen-bond acceptors (Lipinski definition) is 12. The van der Waals surface area contributed by atoms with Gasteiger partial charge in [-0.2, -0.15) is 0 Å². The molecule has 0 atom stereocenters. The molecule has 2 heterocycles. The molecule has 76 heavy (non-hydrogen) atoms. The summed E-state index contributed by atoms with van der Waals surface area (Å²) in [7, 11) is 0. The number of thiol groups is 2. The molecule has 9 rings (SSSR count). The zero-order valence-corrected chi connectivity index (χ0v) is 43.9. The fraction of sp³-hybridized carbons (Fsp3) is 0.250. The number of hydrogen-bond donors (Lipinski definition) is 2. The lowest BCUT2D eigenvalue weighted by atomic mass is 10.1. The van der Waals surface area contributed by atoms with Crippen molar-refractivity contribution in [3.63, 3.8) is 0 Å². The van der Waals surface area contributed by atoms with Crippen molar-refractivity contribution < 1.29 is 47.4 Å². The molecule has 2 aliphatic heterocycles. The molecule has 0 spiro atoms. The molecule has 0 saturated heterocycles. The molecule has 7 aromatic rings. The Balaban J connectivity index is 0.957. The molecule has 0 unspecified atom stereocenters. The first kappa shape index (κ1) is 54.9. The van der Waals surface area contributed by atoms with Crippen LogP contribution in [0.3, 0.4) is 0 Å². The first-order chi connectivity index (χ1) is 37.5. The van der Waals surface area contributed by atoms with Crippen molar-refractivity contribution in [1.82, 2.24) is 0 Å². The SMILES string of the molecule is Sc1ccc(C#Cc2ccc(C#Cc3cc4c(C#Cc5ccc(C#Cc6ccc(S)cc6)cc5)cc3OCCOCCOCCOCCOc3cccc5c(cccc35)OCCOCCOCCOCCO4)cc2)cc1. The summed E-state index contributed by atoms with van der Waals surface area (Å²) < 4.78 is 59.9. The normalized spacial score (nSPS) is 14.6. The zero-order chi connectivity index (χ0) is 52.2. The number of fused-ring (bicyclic) bond motifs is 26. The third kappa shape index (κ3) is 18.5. The first-order valence-corrected chi connectivity index (χ1v) is 26.0. The molecule has 0 amide bonds. The van der Waals surface area contributed by atoms with E-state index in [1.165, 1.54) is 0 Å². The maximum Gasteiger partial charge on any atom is 0.136 e. The van der Waals surface area contributed by atoms with Crippen LogP contribution in [0.25, 0.3) is 10.8 Å². The third-order valence-electron chi connectivity index (χ3n) is 11.2. The van der Waals surface area contributed by atoms with E-state index in [1.807, 2.05) is 146 Å². The van der Waals surface area contributed by atoms with E-state index in [2.05, 4.69) is 72.6 Å². The maximum absolute atomic E-state index is 6.39. The number of rotatable bonds is 0. The average Bonchev–Trinajstić information content (AvgIpc) is 3.46. The molecule has 386 valence electrons. The van der Waals surface area contributed by atoms with E-state index >= 15 is 0 Å². The second-order valence-electron chi connectivity index (χ2n) is 16.8. The van der Waals surface area contributed by atoms with Crippen LogP contribution in [0.1, 0.15) is 44.5 Å². The Kier molecular flexibility index (Phi) is 22.4. The van der Waals surface area contributed by atoms with E-state index in [-0.39, 0.29) is 13.2 Å². The molecule has 0 aliphatic carbocycles. The molecule has 6 bridgehead atoms. The summed E-state index contributed by atoms with van der Waals surface area (Å²) in [6.07, 6.45) is 0. The van der Waals surface area contributed by atoms with Crippen molar-refractivity contribution in [2.24, 2.45) is 0 Å². The lowest BCUT2D eigenvalue weighted by Crippen LogP contribution is -2.15. The van der Waals surface area contributed by atoms with Crippen molar-refractivity contribution in [2.75, 3.05) is 106 Å². The summed E-state index contributed by atoms with van der Waals surface area (Å²) in [4.78, 5) is 1.78. The highest BCUT2D eigenvalue weighted by molar-refractivity contribution is 7.80. The second-order valence-corrected chi connectivity index (χ2v) is 17.8. The van der Waals surface area contributed by atoms with Crippen molar-refractivity contribution in [3.05, 3.63) is 190 Å². The average molecular weight is 1050 g/mol.